The second-order valence-electron chi connectivity index (χ2n) is 3.20. The van der Waals surface area contributed by atoms with Gasteiger partial charge in [0.25, 0.3) is 0 Å². The predicted molar refractivity (Wildman–Crippen MR) is 52.2 cm³/mol. The molecule has 1 aliphatic rings. The summed E-state index contributed by atoms with van der Waals surface area (Å²) in [5, 5.41) is 3.13. The highest BCUT2D eigenvalue weighted by atomic mass is 16.5. The zero-order valence-electron chi connectivity index (χ0n) is 7.82. The topological polar surface area (TPSA) is 38.3 Å². The summed E-state index contributed by atoms with van der Waals surface area (Å²) in [6.07, 6.45) is -0.345. The molecule has 14 heavy (non-hydrogen) atoms. The van der Waals surface area contributed by atoms with Gasteiger partial charge in [-0.3, -0.25) is 4.79 Å². The van der Waals surface area contributed by atoms with Crippen LogP contribution in [0.5, 0.6) is 0 Å². The average molecular weight is 190 g/mol. The van der Waals surface area contributed by atoms with Crippen LogP contribution in [0.1, 0.15) is 10.4 Å². The summed E-state index contributed by atoms with van der Waals surface area (Å²) in [4.78, 5) is 11.8. The predicted octanol–water partition coefficient (Wildman–Crippen LogP) is 0.658. The number of ketones is 1. The highest BCUT2D eigenvalue weighted by molar-refractivity contribution is 5.99. The Morgan fingerprint density at radius 3 is 3.14 bits per heavy atom. The van der Waals surface area contributed by atoms with E-state index in [1.54, 1.807) is 12.1 Å². The number of hydrogen-bond donors (Lipinski definition) is 1. The summed E-state index contributed by atoms with van der Waals surface area (Å²) in [6.45, 7) is 2.02. The normalized spacial score (nSPS) is 21.9. The van der Waals surface area contributed by atoms with E-state index in [4.69, 9.17) is 4.74 Å². The van der Waals surface area contributed by atoms with Gasteiger partial charge < -0.3 is 10.1 Å². The Morgan fingerprint density at radius 2 is 2.50 bits per heavy atom. The van der Waals surface area contributed by atoms with E-state index in [9.17, 15) is 4.79 Å². The lowest BCUT2D eigenvalue weighted by molar-refractivity contribution is 0.0269. The standard InChI is InChI=1S/C11H12NO2/c13-11(9-4-2-1-3-5-9)10-8-12-6-7-14-10/h1-4,10,12H,6-8H2. The molecule has 1 unspecified atom stereocenters. The summed E-state index contributed by atoms with van der Waals surface area (Å²) in [5.74, 6) is 0.0119. The van der Waals surface area contributed by atoms with Crippen molar-refractivity contribution >= 4 is 5.78 Å². The van der Waals surface area contributed by atoms with Gasteiger partial charge in [-0.2, -0.15) is 0 Å². The molecule has 0 spiro atoms. The van der Waals surface area contributed by atoms with Crippen LogP contribution < -0.4 is 5.32 Å². The first-order chi connectivity index (χ1) is 6.88. The molecule has 0 aliphatic carbocycles. The third kappa shape index (κ3) is 2.00. The number of morpholine rings is 1. The van der Waals surface area contributed by atoms with Crippen molar-refractivity contribution < 1.29 is 9.53 Å². The summed E-state index contributed by atoms with van der Waals surface area (Å²) in [6, 6.07) is 10.1. The molecular weight excluding hydrogens is 178 g/mol. The maximum atomic E-state index is 11.8. The first-order valence-corrected chi connectivity index (χ1v) is 4.71. The van der Waals surface area contributed by atoms with Crippen LogP contribution in [0.3, 0.4) is 0 Å². The number of nitrogens with one attached hydrogen (secondary N) is 1. The van der Waals surface area contributed by atoms with Crippen molar-refractivity contribution in [3.05, 3.63) is 35.9 Å². The Balaban J connectivity index is 2.07. The lowest BCUT2D eigenvalue weighted by Gasteiger charge is -2.22. The molecule has 3 heteroatoms. The zero-order chi connectivity index (χ0) is 9.80. The minimum absolute atomic E-state index is 0.0119. The van der Waals surface area contributed by atoms with Crippen LogP contribution in [0, 0.1) is 6.07 Å². The molecule has 1 heterocycles. The highest BCUT2D eigenvalue weighted by Gasteiger charge is 2.22. The molecule has 1 aliphatic heterocycles. The van der Waals surface area contributed by atoms with Gasteiger partial charge in [-0.25, -0.2) is 0 Å². The van der Waals surface area contributed by atoms with Crippen molar-refractivity contribution in [1.29, 1.82) is 0 Å². The average Bonchev–Trinajstić information content (AvgIpc) is 2.30. The molecule has 1 fully saturated rings. The lowest BCUT2D eigenvalue weighted by Crippen LogP contribution is -2.43. The van der Waals surface area contributed by atoms with E-state index in [0.29, 0.717) is 18.7 Å². The van der Waals surface area contributed by atoms with Crippen LogP contribution in [0.2, 0.25) is 0 Å². The number of carbonyl (C=O) groups excluding carboxylic acids is 1. The van der Waals surface area contributed by atoms with Gasteiger partial charge in [0.2, 0.25) is 0 Å². The molecule has 73 valence electrons. The molecule has 2 rings (SSSR count). The van der Waals surface area contributed by atoms with E-state index in [1.807, 2.05) is 12.1 Å². The van der Waals surface area contributed by atoms with Gasteiger partial charge >= 0.3 is 0 Å². The molecule has 3 nitrogen and oxygen atoms in total. The number of ether oxygens (including phenoxy) is 1. The fraction of sp³-hybridized carbons (Fsp3) is 0.364. The van der Waals surface area contributed by atoms with Crippen LogP contribution in [0.15, 0.2) is 24.3 Å². The van der Waals surface area contributed by atoms with E-state index in [-0.39, 0.29) is 11.9 Å². The molecular formula is C11H12NO2. The number of rotatable bonds is 2. The van der Waals surface area contributed by atoms with Crippen molar-refractivity contribution in [3.8, 4) is 0 Å². The van der Waals surface area contributed by atoms with Crippen LogP contribution in [0.25, 0.3) is 0 Å². The van der Waals surface area contributed by atoms with E-state index in [1.165, 1.54) is 0 Å². The minimum Gasteiger partial charge on any atom is -0.367 e. The van der Waals surface area contributed by atoms with E-state index in [2.05, 4.69) is 11.4 Å². The lowest BCUT2D eigenvalue weighted by atomic mass is 10.1. The molecule has 1 N–H and O–H groups in total. The molecule has 0 saturated carbocycles. The largest absolute Gasteiger partial charge is 0.367 e. The molecule has 1 aromatic rings. The maximum Gasteiger partial charge on any atom is 0.193 e. The SMILES string of the molecule is O=C(c1[c]cccc1)C1CNCCO1. The zero-order valence-corrected chi connectivity index (χ0v) is 7.82. The molecule has 1 aromatic carbocycles. The first kappa shape index (κ1) is 9.37. The Kier molecular flexibility index (Phi) is 2.91. The molecule has 0 amide bonds. The fourth-order valence-corrected chi connectivity index (χ4v) is 1.45. The quantitative estimate of drug-likeness (QED) is 0.696. The molecule has 0 bridgehead atoms. The van der Waals surface area contributed by atoms with Gasteiger partial charge in [-0.15, -0.1) is 0 Å². The van der Waals surface area contributed by atoms with Crippen molar-refractivity contribution in [3.63, 3.8) is 0 Å². The van der Waals surface area contributed by atoms with Crippen LogP contribution in [-0.4, -0.2) is 31.6 Å². The van der Waals surface area contributed by atoms with Crippen molar-refractivity contribution in [2.75, 3.05) is 19.7 Å². The van der Waals surface area contributed by atoms with Gasteiger partial charge in [-0.1, -0.05) is 24.3 Å². The Morgan fingerprint density at radius 1 is 1.57 bits per heavy atom. The monoisotopic (exact) mass is 190 g/mol. The summed E-state index contributed by atoms with van der Waals surface area (Å²) < 4.78 is 5.36. The maximum absolute atomic E-state index is 11.8. The molecule has 1 atom stereocenters. The van der Waals surface area contributed by atoms with Gasteiger partial charge in [0.15, 0.2) is 5.78 Å². The Hall–Kier alpha value is -1.19. The Labute approximate surface area is 83.1 Å². The molecule has 1 radical (unpaired) electrons. The summed E-state index contributed by atoms with van der Waals surface area (Å²) in [7, 11) is 0. The fourth-order valence-electron chi connectivity index (χ4n) is 1.45. The first-order valence-electron chi connectivity index (χ1n) is 4.71. The number of carbonyl (C=O) groups is 1. The van der Waals surface area contributed by atoms with Gasteiger partial charge in [-0.05, 0) is 6.07 Å². The number of Topliss-reactive ketones (excluding diaryl/α,β-unsaturated/α-hetero) is 1. The smallest absolute Gasteiger partial charge is 0.193 e. The van der Waals surface area contributed by atoms with Crippen LogP contribution >= 0.6 is 0 Å². The molecule has 1 saturated heterocycles. The number of hydrogen-bond acceptors (Lipinski definition) is 3. The van der Waals surface area contributed by atoms with E-state index >= 15 is 0 Å². The van der Waals surface area contributed by atoms with Gasteiger partial charge in [0.05, 0.1) is 6.61 Å². The Bertz CT molecular complexity index is 304. The third-order valence-corrected chi connectivity index (χ3v) is 2.19. The van der Waals surface area contributed by atoms with Crippen LogP contribution in [0.4, 0.5) is 0 Å². The van der Waals surface area contributed by atoms with Gasteiger partial charge in [0, 0.05) is 18.7 Å². The van der Waals surface area contributed by atoms with Crippen molar-refractivity contribution in [1.82, 2.24) is 5.32 Å². The van der Waals surface area contributed by atoms with Gasteiger partial charge in [0.1, 0.15) is 6.10 Å². The highest BCUT2D eigenvalue weighted by Crippen LogP contribution is 2.06. The third-order valence-electron chi connectivity index (χ3n) is 2.19. The minimum atomic E-state index is -0.345. The van der Waals surface area contributed by atoms with Crippen molar-refractivity contribution in [2.24, 2.45) is 0 Å². The second-order valence-corrected chi connectivity index (χ2v) is 3.20. The van der Waals surface area contributed by atoms with Crippen LogP contribution in [-0.2, 0) is 4.74 Å². The number of benzene rings is 1. The summed E-state index contributed by atoms with van der Waals surface area (Å²) >= 11 is 0. The van der Waals surface area contributed by atoms with E-state index in [0.717, 1.165) is 6.54 Å². The van der Waals surface area contributed by atoms with E-state index < -0.39 is 0 Å². The van der Waals surface area contributed by atoms with Crippen molar-refractivity contribution in [2.45, 2.75) is 6.10 Å². The molecule has 0 aromatic heterocycles. The second kappa shape index (κ2) is 4.35. The summed E-state index contributed by atoms with van der Waals surface area (Å²) in [5.41, 5.74) is 0.598.